The van der Waals surface area contributed by atoms with Gasteiger partial charge in [-0.25, -0.2) is 4.98 Å². The Morgan fingerprint density at radius 1 is 1.45 bits per heavy atom. The monoisotopic (exact) mass is 286 g/mol. The molecular weight excluding hydrogens is 272 g/mol. The van der Waals surface area contributed by atoms with Gasteiger partial charge in [0.2, 0.25) is 0 Å². The number of thiazole rings is 1. The lowest BCUT2D eigenvalue weighted by Crippen LogP contribution is -2.23. The summed E-state index contributed by atoms with van der Waals surface area (Å²) in [4.78, 5) is 17.4. The van der Waals surface area contributed by atoms with E-state index >= 15 is 0 Å². The number of rotatable bonds is 3. The quantitative estimate of drug-likeness (QED) is 0.845. The Hall–Kier alpha value is -2.16. The molecule has 1 aromatic carbocycles. The van der Waals surface area contributed by atoms with Crippen LogP contribution in [-0.4, -0.2) is 22.6 Å². The molecule has 0 aliphatic rings. The van der Waals surface area contributed by atoms with E-state index in [0.717, 1.165) is 10.6 Å². The SMILES string of the molecule is Cc1ncsc1CNC(=O)c1ccccc1C#CCO. The van der Waals surface area contributed by atoms with Crippen LogP contribution in [0.1, 0.15) is 26.5 Å². The molecule has 5 heteroatoms. The van der Waals surface area contributed by atoms with E-state index in [4.69, 9.17) is 5.11 Å². The number of aromatic nitrogens is 1. The number of nitrogens with zero attached hydrogens (tertiary/aromatic N) is 1. The molecule has 0 unspecified atom stereocenters. The van der Waals surface area contributed by atoms with E-state index in [-0.39, 0.29) is 12.5 Å². The van der Waals surface area contributed by atoms with Gasteiger partial charge in [0, 0.05) is 10.4 Å². The number of nitrogens with one attached hydrogen (secondary N) is 1. The van der Waals surface area contributed by atoms with Gasteiger partial charge < -0.3 is 10.4 Å². The van der Waals surface area contributed by atoms with Gasteiger partial charge in [-0.2, -0.15) is 0 Å². The molecule has 0 aliphatic heterocycles. The van der Waals surface area contributed by atoms with Gasteiger partial charge in [0.15, 0.2) is 0 Å². The number of amides is 1. The first-order valence-corrected chi connectivity index (χ1v) is 6.96. The van der Waals surface area contributed by atoms with Crippen molar-refractivity contribution in [2.45, 2.75) is 13.5 Å². The van der Waals surface area contributed by atoms with Crippen molar-refractivity contribution in [3.8, 4) is 11.8 Å². The summed E-state index contributed by atoms with van der Waals surface area (Å²) in [5, 5.41) is 11.6. The molecule has 0 saturated heterocycles. The highest BCUT2D eigenvalue weighted by molar-refractivity contribution is 7.09. The topological polar surface area (TPSA) is 62.2 Å². The second-order valence-corrected chi connectivity index (χ2v) is 4.99. The summed E-state index contributed by atoms with van der Waals surface area (Å²) in [6.45, 7) is 2.14. The van der Waals surface area contributed by atoms with Gasteiger partial charge in [0.25, 0.3) is 5.91 Å². The molecule has 0 saturated carbocycles. The Bertz CT molecular complexity index is 668. The minimum Gasteiger partial charge on any atom is -0.384 e. The number of aliphatic hydroxyl groups excluding tert-OH is 1. The molecule has 20 heavy (non-hydrogen) atoms. The number of aryl methyl sites for hydroxylation is 1. The van der Waals surface area contributed by atoms with E-state index in [1.807, 2.05) is 13.0 Å². The number of hydrogen-bond acceptors (Lipinski definition) is 4. The number of carbonyl (C=O) groups excluding carboxylic acids is 1. The fourth-order valence-corrected chi connectivity index (χ4v) is 2.39. The molecule has 1 aromatic heterocycles. The zero-order valence-corrected chi connectivity index (χ0v) is 11.8. The molecule has 0 aliphatic carbocycles. The van der Waals surface area contributed by atoms with E-state index in [1.54, 1.807) is 23.7 Å². The van der Waals surface area contributed by atoms with Crippen LogP contribution in [0.15, 0.2) is 29.8 Å². The highest BCUT2D eigenvalue weighted by atomic mass is 32.1. The highest BCUT2D eigenvalue weighted by Gasteiger charge is 2.10. The molecule has 2 aromatic rings. The predicted molar refractivity (Wildman–Crippen MR) is 78.4 cm³/mol. The van der Waals surface area contributed by atoms with Crippen LogP contribution < -0.4 is 5.32 Å². The molecule has 2 N–H and O–H groups in total. The van der Waals surface area contributed by atoms with Crippen LogP contribution in [0.25, 0.3) is 0 Å². The molecule has 0 radical (unpaired) electrons. The average Bonchev–Trinajstić information content (AvgIpc) is 2.88. The van der Waals surface area contributed by atoms with Crippen LogP contribution in [0, 0.1) is 18.8 Å². The zero-order chi connectivity index (χ0) is 14.4. The van der Waals surface area contributed by atoms with Gasteiger partial charge in [0.1, 0.15) is 6.61 Å². The lowest BCUT2D eigenvalue weighted by molar-refractivity contribution is 0.0951. The molecule has 0 atom stereocenters. The number of hydrogen-bond donors (Lipinski definition) is 2. The molecule has 2 rings (SSSR count). The predicted octanol–water partition coefficient (Wildman–Crippen LogP) is 1.73. The number of benzene rings is 1. The summed E-state index contributed by atoms with van der Waals surface area (Å²) in [7, 11) is 0. The van der Waals surface area contributed by atoms with Gasteiger partial charge in [0.05, 0.1) is 23.3 Å². The fourth-order valence-electron chi connectivity index (χ4n) is 1.68. The first-order chi connectivity index (χ1) is 9.72. The summed E-state index contributed by atoms with van der Waals surface area (Å²) in [6.07, 6.45) is 0. The van der Waals surface area contributed by atoms with Gasteiger partial charge in [-0.3, -0.25) is 4.79 Å². The van der Waals surface area contributed by atoms with Gasteiger partial charge in [-0.05, 0) is 19.1 Å². The van der Waals surface area contributed by atoms with Crippen molar-refractivity contribution in [2.75, 3.05) is 6.61 Å². The van der Waals surface area contributed by atoms with E-state index in [2.05, 4.69) is 22.1 Å². The minimum atomic E-state index is -0.226. The third kappa shape index (κ3) is 3.44. The lowest BCUT2D eigenvalue weighted by atomic mass is 10.1. The van der Waals surface area contributed by atoms with Gasteiger partial charge >= 0.3 is 0 Å². The maximum Gasteiger partial charge on any atom is 0.252 e. The average molecular weight is 286 g/mol. The van der Waals surface area contributed by atoms with Crippen LogP contribution in [0.2, 0.25) is 0 Å². The van der Waals surface area contributed by atoms with Gasteiger partial charge in [-0.15, -0.1) is 11.3 Å². The van der Waals surface area contributed by atoms with Crippen LogP contribution in [0.5, 0.6) is 0 Å². The standard InChI is InChI=1S/C15H14N2O2S/c1-11-14(20-10-17-11)9-16-15(19)13-7-3-2-5-12(13)6-4-8-18/h2-3,5,7,10,18H,8-9H2,1H3,(H,16,19). The van der Waals surface area contributed by atoms with E-state index in [1.165, 1.54) is 11.3 Å². The Labute approximate surface area is 121 Å². The summed E-state index contributed by atoms with van der Waals surface area (Å²) in [5.74, 6) is 5.15. The second kappa shape index (κ2) is 6.85. The van der Waals surface area contributed by atoms with E-state index < -0.39 is 0 Å². The van der Waals surface area contributed by atoms with Gasteiger partial charge in [-0.1, -0.05) is 24.0 Å². The summed E-state index contributed by atoms with van der Waals surface area (Å²) < 4.78 is 0. The van der Waals surface area contributed by atoms with Crippen molar-refractivity contribution in [1.29, 1.82) is 0 Å². The zero-order valence-electron chi connectivity index (χ0n) is 11.0. The van der Waals surface area contributed by atoms with E-state index in [9.17, 15) is 4.79 Å². The normalized spacial score (nSPS) is 9.70. The Morgan fingerprint density at radius 2 is 2.25 bits per heavy atom. The van der Waals surface area contributed by atoms with Crippen LogP contribution in [0.4, 0.5) is 0 Å². The maximum absolute atomic E-state index is 12.2. The Kier molecular flexibility index (Phi) is 4.88. The summed E-state index contributed by atoms with van der Waals surface area (Å²) in [5.41, 5.74) is 3.82. The molecule has 0 fully saturated rings. The number of aliphatic hydroxyl groups is 1. The molecule has 1 amide bonds. The molecular formula is C15H14N2O2S. The third-order valence-electron chi connectivity index (χ3n) is 2.73. The van der Waals surface area contributed by atoms with Crippen molar-refractivity contribution < 1.29 is 9.90 Å². The molecule has 0 spiro atoms. The largest absolute Gasteiger partial charge is 0.384 e. The van der Waals surface area contributed by atoms with Crippen molar-refractivity contribution in [3.63, 3.8) is 0 Å². The summed E-state index contributed by atoms with van der Waals surface area (Å²) in [6, 6.07) is 7.08. The van der Waals surface area contributed by atoms with Crippen LogP contribution in [-0.2, 0) is 6.54 Å². The first kappa shape index (κ1) is 14.3. The number of carbonyl (C=O) groups is 1. The Balaban J connectivity index is 2.11. The smallest absolute Gasteiger partial charge is 0.252 e. The van der Waals surface area contributed by atoms with Crippen LogP contribution in [0.3, 0.4) is 0 Å². The second-order valence-electron chi connectivity index (χ2n) is 4.05. The highest BCUT2D eigenvalue weighted by Crippen LogP contribution is 2.12. The fraction of sp³-hybridized carbons (Fsp3) is 0.200. The minimum absolute atomic E-state index is 0.180. The van der Waals surface area contributed by atoms with E-state index in [0.29, 0.717) is 17.7 Å². The summed E-state index contributed by atoms with van der Waals surface area (Å²) >= 11 is 1.52. The molecule has 4 nitrogen and oxygen atoms in total. The molecule has 102 valence electrons. The maximum atomic E-state index is 12.2. The van der Waals surface area contributed by atoms with Crippen molar-refractivity contribution in [2.24, 2.45) is 0 Å². The van der Waals surface area contributed by atoms with Crippen molar-refractivity contribution in [1.82, 2.24) is 10.3 Å². The third-order valence-corrected chi connectivity index (χ3v) is 3.66. The van der Waals surface area contributed by atoms with Crippen molar-refractivity contribution in [3.05, 3.63) is 51.5 Å². The Morgan fingerprint density at radius 3 is 2.95 bits per heavy atom. The van der Waals surface area contributed by atoms with Crippen LogP contribution >= 0.6 is 11.3 Å². The van der Waals surface area contributed by atoms with Crippen molar-refractivity contribution >= 4 is 17.2 Å². The molecule has 1 heterocycles. The first-order valence-electron chi connectivity index (χ1n) is 6.08. The molecule has 0 bridgehead atoms. The lowest BCUT2D eigenvalue weighted by Gasteiger charge is -2.06.